The first-order chi connectivity index (χ1) is 13.8. The number of rotatable bonds is 4. The number of phenolic OH excluding ortho intramolecular Hbond substituents is 1. The second-order valence-corrected chi connectivity index (χ2v) is 7.48. The number of aromatic hydroxyl groups is 1. The Bertz CT molecular complexity index is 1120. The van der Waals surface area contributed by atoms with E-state index in [1.54, 1.807) is 12.1 Å². The van der Waals surface area contributed by atoms with Crippen molar-refractivity contribution in [1.29, 1.82) is 0 Å². The number of benzene rings is 4. The first-order valence-electron chi connectivity index (χ1n) is 9.86. The van der Waals surface area contributed by atoms with E-state index in [0.29, 0.717) is 5.75 Å². The Morgan fingerprint density at radius 1 is 0.607 bits per heavy atom. The lowest BCUT2D eigenvalue weighted by Crippen LogP contribution is -2.00. The van der Waals surface area contributed by atoms with Gasteiger partial charge in [-0.25, -0.2) is 0 Å². The molecular weight excluding hydrogens is 340 g/mol. The SMILES string of the molecule is Oc1ccc(-c2ccc3c(c2CCc2ccccc2)Cc2ccccc2-3)cc1. The van der Waals surface area contributed by atoms with Crippen LogP contribution >= 0.6 is 0 Å². The fourth-order valence-corrected chi connectivity index (χ4v) is 4.39. The van der Waals surface area contributed by atoms with Crippen LogP contribution in [0.2, 0.25) is 0 Å². The zero-order chi connectivity index (χ0) is 18.9. The van der Waals surface area contributed by atoms with Gasteiger partial charge in [-0.15, -0.1) is 0 Å². The smallest absolute Gasteiger partial charge is 0.115 e. The number of aryl methyl sites for hydroxylation is 1. The molecule has 0 fully saturated rings. The maximum atomic E-state index is 9.70. The topological polar surface area (TPSA) is 20.2 Å². The van der Waals surface area contributed by atoms with E-state index in [2.05, 4.69) is 66.7 Å². The minimum absolute atomic E-state index is 0.308. The van der Waals surface area contributed by atoms with Gasteiger partial charge in [0.25, 0.3) is 0 Å². The summed E-state index contributed by atoms with van der Waals surface area (Å²) in [5, 5.41) is 9.70. The Kier molecular flexibility index (Phi) is 4.21. The highest BCUT2D eigenvalue weighted by molar-refractivity contribution is 5.83. The molecule has 0 saturated heterocycles. The largest absolute Gasteiger partial charge is 0.508 e. The van der Waals surface area contributed by atoms with Crippen molar-refractivity contribution < 1.29 is 5.11 Å². The maximum Gasteiger partial charge on any atom is 0.115 e. The van der Waals surface area contributed by atoms with Crippen LogP contribution in [0.5, 0.6) is 5.75 Å². The van der Waals surface area contributed by atoms with E-state index in [1.807, 2.05) is 12.1 Å². The van der Waals surface area contributed by atoms with E-state index in [4.69, 9.17) is 0 Å². The second-order valence-electron chi connectivity index (χ2n) is 7.48. The van der Waals surface area contributed by atoms with Crippen LogP contribution in [0, 0.1) is 0 Å². The normalized spacial score (nSPS) is 11.9. The molecule has 1 aliphatic carbocycles. The molecule has 0 aliphatic heterocycles. The number of hydrogen-bond acceptors (Lipinski definition) is 1. The van der Waals surface area contributed by atoms with E-state index in [9.17, 15) is 5.11 Å². The monoisotopic (exact) mass is 362 g/mol. The van der Waals surface area contributed by atoms with Crippen LogP contribution in [-0.2, 0) is 19.3 Å². The van der Waals surface area contributed by atoms with Crippen LogP contribution in [0.4, 0.5) is 0 Å². The summed E-state index contributed by atoms with van der Waals surface area (Å²) in [6, 6.07) is 31.6. The van der Waals surface area contributed by atoms with Crippen molar-refractivity contribution in [1.82, 2.24) is 0 Å². The third kappa shape index (κ3) is 2.99. The summed E-state index contributed by atoms with van der Waals surface area (Å²) in [5.74, 6) is 0.308. The molecule has 0 atom stereocenters. The molecule has 5 rings (SSSR count). The number of phenols is 1. The molecule has 136 valence electrons. The first kappa shape index (κ1) is 16.8. The summed E-state index contributed by atoms with van der Waals surface area (Å²) in [4.78, 5) is 0. The minimum atomic E-state index is 0.308. The van der Waals surface area contributed by atoms with Crippen LogP contribution < -0.4 is 0 Å². The van der Waals surface area contributed by atoms with Gasteiger partial charge >= 0.3 is 0 Å². The van der Waals surface area contributed by atoms with Crippen LogP contribution in [0.15, 0.2) is 91.0 Å². The second kappa shape index (κ2) is 7.01. The molecule has 0 unspecified atom stereocenters. The summed E-state index contributed by atoms with van der Waals surface area (Å²) in [5.41, 5.74) is 10.9. The van der Waals surface area contributed by atoms with E-state index >= 15 is 0 Å². The molecule has 1 nitrogen and oxygen atoms in total. The standard InChI is InChI=1S/C27H22O/c28-22-13-11-20(12-14-22)24-16-17-26-23-9-5-4-8-21(23)18-27(26)25(24)15-10-19-6-2-1-3-7-19/h1-9,11-14,16-17,28H,10,15,18H2. The van der Waals surface area contributed by atoms with E-state index in [1.165, 1.54) is 44.5 Å². The third-order valence-electron chi connectivity index (χ3n) is 5.79. The van der Waals surface area contributed by atoms with Crippen molar-refractivity contribution in [3.63, 3.8) is 0 Å². The van der Waals surface area contributed by atoms with Gasteiger partial charge in [0, 0.05) is 0 Å². The van der Waals surface area contributed by atoms with E-state index in [0.717, 1.165) is 19.3 Å². The first-order valence-corrected chi connectivity index (χ1v) is 9.86. The quantitative estimate of drug-likeness (QED) is 0.391. The molecule has 0 saturated carbocycles. The Labute approximate surface area is 165 Å². The van der Waals surface area contributed by atoms with Gasteiger partial charge in [0.2, 0.25) is 0 Å². The lowest BCUT2D eigenvalue weighted by atomic mass is 9.88. The van der Waals surface area contributed by atoms with Crippen LogP contribution in [-0.4, -0.2) is 5.11 Å². The lowest BCUT2D eigenvalue weighted by molar-refractivity contribution is 0.475. The Morgan fingerprint density at radius 3 is 2.14 bits per heavy atom. The van der Waals surface area contributed by atoms with Crippen molar-refractivity contribution in [2.75, 3.05) is 0 Å². The van der Waals surface area contributed by atoms with Crippen LogP contribution in [0.25, 0.3) is 22.3 Å². The predicted octanol–water partition coefficient (Wildman–Crippen LogP) is 6.42. The van der Waals surface area contributed by atoms with Gasteiger partial charge in [-0.05, 0) is 75.9 Å². The average molecular weight is 362 g/mol. The van der Waals surface area contributed by atoms with Crippen molar-refractivity contribution >= 4 is 0 Å². The molecule has 0 aromatic heterocycles. The minimum Gasteiger partial charge on any atom is -0.508 e. The van der Waals surface area contributed by atoms with Crippen molar-refractivity contribution in [2.45, 2.75) is 19.3 Å². The molecule has 4 aromatic carbocycles. The molecular formula is C27H22O. The van der Waals surface area contributed by atoms with Gasteiger partial charge in [0.15, 0.2) is 0 Å². The van der Waals surface area contributed by atoms with Gasteiger partial charge < -0.3 is 5.11 Å². The van der Waals surface area contributed by atoms with Crippen molar-refractivity contribution in [3.8, 4) is 28.0 Å². The maximum absolute atomic E-state index is 9.70. The number of hydrogen-bond donors (Lipinski definition) is 1. The summed E-state index contributed by atoms with van der Waals surface area (Å²) in [7, 11) is 0. The van der Waals surface area contributed by atoms with Gasteiger partial charge in [0.1, 0.15) is 5.75 Å². The van der Waals surface area contributed by atoms with Gasteiger partial charge in [-0.1, -0.05) is 78.9 Å². The molecule has 0 amide bonds. The fraction of sp³-hybridized carbons (Fsp3) is 0.111. The third-order valence-corrected chi connectivity index (χ3v) is 5.79. The molecule has 1 N–H and O–H groups in total. The number of fused-ring (bicyclic) bond motifs is 3. The highest BCUT2D eigenvalue weighted by Crippen LogP contribution is 2.42. The summed E-state index contributed by atoms with van der Waals surface area (Å²) < 4.78 is 0. The summed E-state index contributed by atoms with van der Waals surface area (Å²) >= 11 is 0. The van der Waals surface area contributed by atoms with Crippen LogP contribution in [0.1, 0.15) is 22.3 Å². The summed E-state index contributed by atoms with van der Waals surface area (Å²) in [6.45, 7) is 0. The molecule has 0 radical (unpaired) electrons. The molecule has 1 aliphatic rings. The molecule has 0 heterocycles. The lowest BCUT2D eigenvalue weighted by Gasteiger charge is -2.16. The van der Waals surface area contributed by atoms with Crippen LogP contribution in [0.3, 0.4) is 0 Å². The van der Waals surface area contributed by atoms with Crippen molar-refractivity contribution in [2.24, 2.45) is 0 Å². The summed E-state index contributed by atoms with van der Waals surface area (Å²) in [6.07, 6.45) is 3.04. The Hall–Kier alpha value is -3.32. The zero-order valence-corrected chi connectivity index (χ0v) is 15.7. The van der Waals surface area contributed by atoms with Crippen molar-refractivity contribution in [3.05, 3.63) is 113 Å². The predicted molar refractivity (Wildman–Crippen MR) is 116 cm³/mol. The van der Waals surface area contributed by atoms with Gasteiger partial charge in [-0.2, -0.15) is 0 Å². The van der Waals surface area contributed by atoms with E-state index in [-0.39, 0.29) is 0 Å². The molecule has 4 aromatic rings. The highest BCUT2D eigenvalue weighted by Gasteiger charge is 2.23. The molecule has 1 heteroatoms. The average Bonchev–Trinajstić information content (AvgIpc) is 3.12. The molecule has 0 spiro atoms. The molecule has 28 heavy (non-hydrogen) atoms. The van der Waals surface area contributed by atoms with Gasteiger partial charge in [0.05, 0.1) is 0 Å². The fourth-order valence-electron chi connectivity index (χ4n) is 4.39. The zero-order valence-electron chi connectivity index (χ0n) is 15.7. The highest BCUT2D eigenvalue weighted by atomic mass is 16.3. The molecule has 0 bridgehead atoms. The Morgan fingerprint density at radius 2 is 1.32 bits per heavy atom. The Balaban J connectivity index is 1.61. The van der Waals surface area contributed by atoms with Gasteiger partial charge in [-0.3, -0.25) is 0 Å². The van der Waals surface area contributed by atoms with E-state index < -0.39 is 0 Å².